The maximum Gasteiger partial charge on any atom is 0.243 e. The first kappa shape index (κ1) is 22.1. The molecule has 1 atom stereocenters. The molecule has 1 fully saturated rings. The average molecular weight is 441 g/mol. The van der Waals surface area contributed by atoms with E-state index in [1.54, 1.807) is 6.07 Å². The molecule has 1 heterocycles. The molecule has 3 rings (SSSR count). The highest BCUT2D eigenvalue weighted by atomic mass is 35.5. The van der Waals surface area contributed by atoms with Crippen molar-refractivity contribution in [1.82, 2.24) is 9.62 Å². The van der Waals surface area contributed by atoms with Crippen molar-refractivity contribution in [3.63, 3.8) is 0 Å². The largest absolute Gasteiger partial charge is 0.495 e. The van der Waals surface area contributed by atoms with Crippen LogP contribution in [0.1, 0.15) is 44.9 Å². The second-order valence-corrected chi connectivity index (χ2v) is 9.99. The highest BCUT2D eigenvalue weighted by Gasteiger charge is 2.33. The molecule has 1 aliphatic carbocycles. The van der Waals surface area contributed by atoms with E-state index in [9.17, 15) is 13.2 Å². The average Bonchev–Trinajstić information content (AvgIpc) is 2.74. The Hall–Kier alpha value is -1.57. The molecule has 160 valence electrons. The number of methoxy groups -OCH3 is 1. The number of nitrogens with one attached hydrogen (secondary N) is 1. The molecule has 0 radical (unpaired) electrons. The molecule has 8 heteroatoms. The standard InChI is InChI=1S/C21H29ClN2O4S/c1-28-20-10-9-18(14-19(20)22)29(26,27)24-13-5-8-17(15-24)21(25)23-12-11-16-6-3-2-4-7-16/h6,9-10,14,17H,2-5,7-8,11-13,15H2,1H3,(H,23,25)/t17-/m0/s1. The van der Waals surface area contributed by atoms with Gasteiger partial charge >= 0.3 is 0 Å². The lowest BCUT2D eigenvalue weighted by Gasteiger charge is -2.31. The van der Waals surface area contributed by atoms with E-state index in [1.165, 1.54) is 42.0 Å². The molecule has 29 heavy (non-hydrogen) atoms. The fraction of sp³-hybridized carbons (Fsp3) is 0.571. The predicted octanol–water partition coefficient (Wildman–Crippen LogP) is 3.76. The van der Waals surface area contributed by atoms with Crippen LogP contribution in [0, 0.1) is 5.92 Å². The second kappa shape index (κ2) is 9.96. The van der Waals surface area contributed by atoms with Crippen molar-refractivity contribution in [2.24, 2.45) is 5.92 Å². The highest BCUT2D eigenvalue weighted by Crippen LogP contribution is 2.30. The van der Waals surface area contributed by atoms with Gasteiger partial charge in [0.15, 0.2) is 0 Å². The lowest BCUT2D eigenvalue weighted by molar-refractivity contribution is -0.126. The van der Waals surface area contributed by atoms with E-state index in [4.69, 9.17) is 16.3 Å². The van der Waals surface area contributed by atoms with Crippen LogP contribution in [0.15, 0.2) is 34.7 Å². The van der Waals surface area contributed by atoms with E-state index in [0.717, 1.165) is 19.3 Å². The zero-order chi connectivity index (χ0) is 20.9. The van der Waals surface area contributed by atoms with Crippen molar-refractivity contribution in [2.45, 2.75) is 49.8 Å². The Labute approximate surface area is 178 Å². The normalized spacial score (nSPS) is 20.8. The third kappa shape index (κ3) is 5.53. The van der Waals surface area contributed by atoms with Crippen molar-refractivity contribution in [3.8, 4) is 5.75 Å². The van der Waals surface area contributed by atoms with E-state index in [2.05, 4.69) is 11.4 Å². The van der Waals surface area contributed by atoms with E-state index in [1.807, 2.05) is 0 Å². The topological polar surface area (TPSA) is 75.7 Å². The molecule has 1 aromatic carbocycles. The summed E-state index contributed by atoms with van der Waals surface area (Å²) >= 11 is 6.10. The third-order valence-corrected chi connectivity index (χ3v) is 7.80. The van der Waals surface area contributed by atoms with Gasteiger partial charge in [-0.15, -0.1) is 0 Å². The van der Waals surface area contributed by atoms with Gasteiger partial charge in [-0.2, -0.15) is 4.31 Å². The summed E-state index contributed by atoms with van der Waals surface area (Å²) in [5.41, 5.74) is 1.42. The summed E-state index contributed by atoms with van der Waals surface area (Å²) in [6.45, 7) is 1.21. The Morgan fingerprint density at radius 1 is 1.31 bits per heavy atom. The molecule has 0 bridgehead atoms. The summed E-state index contributed by atoms with van der Waals surface area (Å²) < 4.78 is 32.5. The molecule has 0 unspecified atom stereocenters. The van der Waals surface area contributed by atoms with Gasteiger partial charge < -0.3 is 10.1 Å². The summed E-state index contributed by atoms with van der Waals surface area (Å²) in [6, 6.07) is 4.43. The Kier molecular flexibility index (Phi) is 7.60. The SMILES string of the molecule is COc1ccc(S(=O)(=O)N2CCC[C@H](C(=O)NCCC3=CCCCC3)C2)cc1Cl. The van der Waals surface area contributed by atoms with Crippen LogP contribution >= 0.6 is 11.6 Å². The van der Waals surface area contributed by atoms with Crippen LogP contribution < -0.4 is 10.1 Å². The predicted molar refractivity (Wildman–Crippen MR) is 114 cm³/mol. The number of nitrogens with zero attached hydrogens (tertiary/aromatic N) is 1. The van der Waals surface area contributed by atoms with Crippen LogP contribution in [-0.4, -0.2) is 45.4 Å². The third-order valence-electron chi connectivity index (χ3n) is 5.65. The monoisotopic (exact) mass is 440 g/mol. The molecule has 1 amide bonds. The maximum atomic E-state index is 13.0. The fourth-order valence-corrected chi connectivity index (χ4v) is 5.83. The van der Waals surface area contributed by atoms with Gasteiger partial charge in [-0.1, -0.05) is 23.3 Å². The summed E-state index contributed by atoms with van der Waals surface area (Å²) in [4.78, 5) is 12.7. The van der Waals surface area contributed by atoms with Gasteiger partial charge in [0.1, 0.15) is 5.75 Å². The van der Waals surface area contributed by atoms with E-state index < -0.39 is 10.0 Å². The lowest BCUT2D eigenvalue weighted by Crippen LogP contribution is -2.45. The number of carbonyl (C=O) groups is 1. The highest BCUT2D eigenvalue weighted by molar-refractivity contribution is 7.89. The molecular weight excluding hydrogens is 412 g/mol. The lowest BCUT2D eigenvalue weighted by atomic mass is 9.96. The van der Waals surface area contributed by atoms with Gasteiger partial charge in [-0.25, -0.2) is 8.42 Å². The van der Waals surface area contributed by atoms with Crippen LogP contribution in [0.25, 0.3) is 0 Å². The number of carbonyl (C=O) groups excluding carboxylic acids is 1. The molecule has 0 aromatic heterocycles. The quantitative estimate of drug-likeness (QED) is 0.655. The summed E-state index contributed by atoms with van der Waals surface area (Å²) in [5.74, 6) is 0.0382. The van der Waals surface area contributed by atoms with Crippen molar-refractivity contribution in [2.75, 3.05) is 26.7 Å². The Bertz CT molecular complexity index is 869. The number of hydrogen-bond donors (Lipinski definition) is 1. The smallest absolute Gasteiger partial charge is 0.243 e. The summed E-state index contributed by atoms with van der Waals surface area (Å²) in [5, 5.41) is 3.24. The van der Waals surface area contributed by atoms with E-state index in [-0.39, 0.29) is 28.3 Å². The van der Waals surface area contributed by atoms with Crippen LogP contribution in [0.4, 0.5) is 0 Å². The molecule has 1 aliphatic heterocycles. The van der Waals surface area contributed by atoms with Crippen molar-refractivity contribution in [3.05, 3.63) is 34.9 Å². The maximum absolute atomic E-state index is 13.0. The molecule has 1 aromatic rings. The fourth-order valence-electron chi connectivity index (χ4n) is 3.95. The molecular formula is C21H29ClN2O4S. The zero-order valence-electron chi connectivity index (χ0n) is 16.8. The molecule has 0 saturated carbocycles. The Balaban J connectivity index is 1.59. The minimum Gasteiger partial charge on any atom is -0.495 e. The van der Waals surface area contributed by atoms with Gasteiger partial charge in [-0.05, 0) is 63.1 Å². The molecule has 0 spiro atoms. The van der Waals surface area contributed by atoms with Crippen molar-refractivity contribution < 1.29 is 17.9 Å². The first-order valence-electron chi connectivity index (χ1n) is 10.2. The molecule has 1 N–H and O–H groups in total. The van der Waals surface area contributed by atoms with E-state index >= 15 is 0 Å². The van der Waals surface area contributed by atoms with Crippen LogP contribution in [0.5, 0.6) is 5.75 Å². The van der Waals surface area contributed by atoms with Crippen LogP contribution in [0.3, 0.4) is 0 Å². The van der Waals surface area contributed by atoms with E-state index in [0.29, 0.717) is 31.7 Å². The number of benzene rings is 1. The summed E-state index contributed by atoms with van der Waals surface area (Å²) in [6.07, 6.45) is 9.25. The van der Waals surface area contributed by atoms with Gasteiger partial charge in [-0.3, -0.25) is 4.79 Å². The van der Waals surface area contributed by atoms with Crippen LogP contribution in [0.2, 0.25) is 5.02 Å². The zero-order valence-corrected chi connectivity index (χ0v) is 18.4. The van der Waals surface area contributed by atoms with Crippen molar-refractivity contribution >= 4 is 27.5 Å². The number of piperidine rings is 1. The molecule has 1 saturated heterocycles. The number of amides is 1. The first-order valence-corrected chi connectivity index (χ1v) is 12.0. The van der Waals surface area contributed by atoms with Gasteiger partial charge in [0.25, 0.3) is 0 Å². The number of allylic oxidation sites excluding steroid dienone is 1. The molecule has 2 aliphatic rings. The second-order valence-electron chi connectivity index (χ2n) is 7.65. The number of hydrogen-bond acceptors (Lipinski definition) is 4. The van der Waals surface area contributed by atoms with Crippen molar-refractivity contribution in [1.29, 1.82) is 0 Å². The first-order chi connectivity index (χ1) is 13.9. The number of sulfonamides is 1. The number of ether oxygens (including phenoxy) is 1. The van der Waals surface area contributed by atoms with Gasteiger partial charge in [0.05, 0.1) is 22.9 Å². The summed E-state index contributed by atoms with van der Waals surface area (Å²) in [7, 11) is -2.23. The molecule has 6 nitrogen and oxygen atoms in total. The number of halogens is 1. The Morgan fingerprint density at radius 3 is 2.83 bits per heavy atom. The van der Waals surface area contributed by atoms with Gasteiger partial charge in [0, 0.05) is 19.6 Å². The Morgan fingerprint density at radius 2 is 2.14 bits per heavy atom. The van der Waals surface area contributed by atoms with Crippen LogP contribution in [-0.2, 0) is 14.8 Å². The number of rotatable bonds is 7. The minimum atomic E-state index is -3.71. The minimum absolute atomic E-state index is 0.0610. The van der Waals surface area contributed by atoms with Gasteiger partial charge in [0.2, 0.25) is 15.9 Å².